The molecule has 21 nitrogen and oxygen atoms in total. The van der Waals surface area contributed by atoms with Gasteiger partial charge in [0.05, 0.1) is 39.6 Å². The van der Waals surface area contributed by atoms with Crippen LogP contribution in [0.2, 0.25) is 0 Å². The molecule has 0 aromatic rings. The molecule has 0 saturated carbocycles. The lowest BCUT2D eigenvalue weighted by molar-refractivity contribution is -0.439. The van der Waals surface area contributed by atoms with E-state index in [0.717, 1.165) is 0 Å². The summed E-state index contributed by atoms with van der Waals surface area (Å²) >= 11 is 0. The number of halogens is 13. The van der Waals surface area contributed by atoms with Crippen molar-refractivity contribution in [2.24, 2.45) is 0 Å². The van der Waals surface area contributed by atoms with Gasteiger partial charge in [0.1, 0.15) is 78.8 Å². The van der Waals surface area contributed by atoms with Crippen molar-refractivity contribution in [1.82, 2.24) is 5.32 Å². The highest BCUT2D eigenvalue weighted by Gasteiger charge is 2.90. The Balaban J connectivity index is 1.95. The molecule has 68 heavy (non-hydrogen) atoms. The standard InChI is InChI=1S/C33H48F13NO20S/c34-28(35,29(36,37)30(38,39)31(40,41)32(42,43)33(44,45)46)2-4-68(61)3-1-14(51)47-27(8-62-24-21(58)18(55)15(52)11(5-48)65-24,9-63-25-22(59)19(56)16(53)12(6-49)66-25)10-64-26-23(60)20(57)17(54)13(7-50)67-26/h11-13,15-26,48-50,52-60H,1-10H2,(H,47,51)/t11-,12-,13+,15+,16+,17-,18+,19+,20-,21-,22-,23+,24-,25-,26+,68?/m1/s1. The summed E-state index contributed by atoms with van der Waals surface area (Å²) in [5.74, 6) is -43.4. The predicted octanol–water partition coefficient (Wildman–Crippen LogP) is -4.44. The first-order valence-electron chi connectivity index (χ1n) is 19.4. The molecular formula is C33H48F13NO20S. The lowest BCUT2D eigenvalue weighted by Gasteiger charge is -2.44. The first-order chi connectivity index (χ1) is 31.0. The highest BCUT2D eigenvalue weighted by atomic mass is 32.2. The van der Waals surface area contributed by atoms with Crippen LogP contribution >= 0.6 is 0 Å². The Kier molecular flexibility index (Phi) is 20.2. The zero-order chi connectivity index (χ0) is 52.3. The van der Waals surface area contributed by atoms with Crippen molar-refractivity contribution in [2.45, 2.75) is 146 Å². The number of alkyl halides is 13. The van der Waals surface area contributed by atoms with E-state index in [2.05, 4.69) is 5.32 Å². The zero-order valence-corrected chi connectivity index (χ0v) is 35.0. The lowest BCUT2D eigenvalue weighted by atomic mass is 9.93. The Bertz CT molecular complexity index is 1560. The van der Waals surface area contributed by atoms with Crippen LogP contribution in [-0.4, -0.2) is 256 Å². The largest absolute Gasteiger partial charge is 0.460 e. The fourth-order valence-electron chi connectivity index (χ4n) is 6.44. The summed E-state index contributed by atoms with van der Waals surface area (Å²) in [7, 11) is -3.12. The fourth-order valence-corrected chi connectivity index (χ4v) is 7.54. The number of aliphatic hydroxyl groups excluding tert-OH is 12. The van der Waals surface area contributed by atoms with E-state index in [1.54, 1.807) is 0 Å². The number of amides is 1. The molecule has 0 aromatic heterocycles. The maximum Gasteiger partial charge on any atom is 0.460 e. The van der Waals surface area contributed by atoms with Crippen molar-refractivity contribution >= 4 is 16.7 Å². The first kappa shape index (κ1) is 60.3. The van der Waals surface area contributed by atoms with Gasteiger partial charge in [-0.25, -0.2) is 0 Å². The molecule has 0 aromatic carbocycles. The van der Waals surface area contributed by atoms with Gasteiger partial charge >= 0.3 is 35.8 Å². The molecule has 16 atom stereocenters. The van der Waals surface area contributed by atoms with E-state index in [1.807, 2.05) is 0 Å². The number of nitrogens with one attached hydrogen (secondary N) is 1. The van der Waals surface area contributed by atoms with E-state index in [9.17, 15) is 127 Å². The van der Waals surface area contributed by atoms with Gasteiger partial charge in [0.15, 0.2) is 18.9 Å². The third-order valence-electron chi connectivity index (χ3n) is 10.7. The average Bonchev–Trinajstić information content (AvgIpc) is 3.26. The van der Waals surface area contributed by atoms with Crippen LogP contribution in [0.15, 0.2) is 0 Å². The van der Waals surface area contributed by atoms with Crippen molar-refractivity contribution in [3.8, 4) is 0 Å². The number of rotatable bonds is 23. The van der Waals surface area contributed by atoms with Crippen LogP contribution in [0.5, 0.6) is 0 Å². The summed E-state index contributed by atoms with van der Waals surface area (Å²) in [6, 6.07) is 0. The Labute approximate surface area is 375 Å². The summed E-state index contributed by atoms with van der Waals surface area (Å²) in [6.45, 7) is -6.91. The predicted molar refractivity (Wildman–Crippen MR) is 188 cm³/mol. The van der Waals surface area contributed by atoms with Crippen molar-refractivity contribution in [1.29, 1.82) is 0 Å². The Morgan fingerprint density at radius 2 is 0.809 bits per heavy atom. The highest BCUT2D eigenvalue weighted by molar-refractivity contribution is 7.84. The maximum absolute atomic E-state index is 14.4. The third-order valence-corrected chi connectivity index (χ3v) is 12.0. The molecule has 402 valence electrons. The summed E-state index contributed by atoms with van der Waals surface area (Å²) in [5.41, 5.74) is -2.60. The summed E-state index contributed by atoms with van der Waals surface area (Å²) in [5, 5.41) is 124. The molecule has 1 unspecified atom stereocenters. The first-order valence-corrected chi connectivity index (χ1v) is 20.9. The van der Waals surface area contributed by atoms with E-state index in [-0.39, 0.29) is 0 Å². The minimum absolute atomic E-state index is 1.04. The van der Waals surface area contributed by atoms with Crippen molar-refractivity contribution in [3.05, 3.63) is 0 Å². The van der Waals surface area contributed by atoms with Gasteiger partial charge < -0.3 is 95.0 Å². The van der Waals surface area contributed by atoms with Crippen LogP contribution in [0.1, 0.15) is 12.8 Å². The third kappa shape index (κ3) is 12.4. The zero-order valence-electron chi connectivity index (χ0n) is 34.2. The summed E-state index contributed by atoms with van der Waals surface area (Å²) < 4.78 is 221. The normalized spacial score (nSPS) is 34.5. The molecular weight excluding hydrogens is 1010 g/mol. The van der Waals surface area contributed by atoms with Crippen molar-refractivity contribution in [3.63, 3.8) is 0 Å². The average molecular weight is 1060 g/mol. The van der Waals surface area contributed by atoms with Crippen LogP contribution in [0.25, 0.3) is 0 Å². The van der Waals surface area contributed by atoms with E-state index < -0.39 is 214 Å². The Hall–Kier alpha value is -2.01. The van der Waals surface area contributed by atoms with Gasteiger partial charge in [-0.05, 0) is 0 Å². The molecule has 3 aliphatic rings. The molecule has 3 rings (SSSR count). The second-order valence-corrected chi connectivity index (χ2v) is 17.4. The van der Waals surface area contributed by atoms with Gasteiger partial charge in [-0.3, -0.25) is 9.00 Å². The van der Waals surface area contributed by atoms with Crippen LogP contribution in [0, 0.1) is 0 Å². The Morgan fingerprint density at radius 3 is 1.12 bits per heavy atom. The van der Waals surface area contributed by atoms with Gasteiger partial charge in [0.2, 0.25) is 5.91 Å². The topological polar surface area (TPSA) is 344 Å². The molecule has 1 amide bonds. The molecule has 3 saturated heterocycles. The fraction of sp³-hybridized carbons (Fsp3) is 0.970. The molecule has 0 radical (unpaired) electrons. The molecule has 3 fully saturated rings. The quantitative estimate of drug-likeness (QED) is 0.0430. The van der Waals surface area contributed by atoms with Crippen LogP contribution < -0.4 is 5.32 Å². The minimum atomic E-state index is -8.19. The van der Waals surface area contributed by atoms with Gasteiger partial charge in [-0.15, -0.1) is 0 Å². The monoisotopic (exact) mass is 1060 g/mol. The lowest BCUT2D eigenvalue weighted by Crippen LogP contribution is -2.70. The van der Waals surface area contributed by atoms with Crippen molar-refractivity contribution in [2.75, 3.05) is 51.1 Å². The molecule has 0 aliphatic carbocycles. The van der Waals surface area contributed by atoms with Crippen LogP contribution in [-0.2, 0) is 44.0 Å². The van der Waals surface area contributed by atoms with Gasteiger partial charge in [0.25, 0.3) is 0 Å². The summed E-state index contributed by atoms with van der Waals surface area (Å²) in [4.78, 5) is 13.5. The number of hydrogen-bond acceptors (Lipinski definition) is 20. The van der Waals surface area contributed by atoms with Crippen LogP contribution in [0.3, 0.4) is 0 Å². The number of hydrogen-bond donors (Lipinski definition) is 13. The summed E-state index contributed by atoms with van der Waals surface area (Å²) in [6.07, 6.45) is -42.3. The van der Waals surface area contributed by atoms with Crippen LogP contribution in [0.4, 0.5) is 57.1 Å². The Morgan fingerprint density at radius 1 is 0.485 bits per heavy atom. The SMILES string of the molecule is O=C(CCS(=O)CCC(F)(F)C(F)(F)C(F)(F)C(F)(F)C(F)(F)C(F)(F)F)NC(CO[C@H]1O[C@@H](CO)[C@@H](O)[C@@H](O)[C@@H]1O)(CO[C@@H]1O[C@H](CO)[C@H](O)[C@H](O)[C@H]1O)CO[C@@H]1O[C@H](CO)[C@H](O)[C@H](O)[C@H]1O. The van der Waals surface area contributed by atoms with Gasteiger partial charge in [-0.1, -0.05) is 0 Å². The number of carbonyl (C=O) groups is 1. The van der Waals surface area contributed by atoms with Gasteiger partial charge in [0, 0.05) is 35.1 Å². The molecule has 13 N–H and O–H groups in total. The van der Waals surface area contributed by atoms with E-state index >= 15 is 0 Å². The highest BCUT2D eigenvalue weighted by Crippen LogP contribution is 2.60. The second kappa shape index (κ2) is 22.8. The molecule has 35 heteroatoms. The molecule has 0 spiro atoms. The smallest absolute Gasteiger partial charge is 0.394 e. The van der Waals surface area contributed by atoms with E-state index in [1.165, 1.54) is 0 Å². The number of aliphatic hydroxyl groups is 12. The van der Waals surface area contributed by atoms with E-state index in [0.29, 0.717) is 0 Å². The molecule has 3 heterocycles. The number of ether oxygens (including phenoxy) is 6. The minimum Gasteiger partial charge on any atom is -0.394 e. The number of carbonyl (C=O) groups excluding carboxylic acids is 1. The molecule has 0 bridgehead atoms. The molecule has 3 aliphatic heterocycles. The maximum atomic E-state index is 14.4. The van der Waals surface area contributed by atoms with Crippen molar-refractivity contribution < 1.29 is 156 Å². The second-order valence-electron chi connectivity index (χ2n) is 15.7. The van der Waals surface area contributed by atoms with E-state index in [4.69, 9.17) is 28.4 Å². The van der Waals surface area contributed by atoms with Gasteiger partial charge in [-0.2, -0.15) is 57.1 Å².